The van der Waals surface area contributed by atoms with Crippen LogP contribution in [-0.2, 0) is 4.79 Å². The van der Waals surface area contributed by atoms with E-state index >= 15 is 0 Å². The molecule has 3 heterocycles. The number of carbonyl (C=O) groups excluding carboxylic acids is 2. The first kappa shape index (κ1) is 13.2. The third kappa shape index (κ3) is 1.92. The Balaban J connectivity index is 1.80. The Morgan fingerprint density at radius 1 is 1.45 bits per heavy atom. The van der Waals surface area contributed by atoms with Gasteiger partial charge in [0, 0.05) is 31.4 Å². The molecular formula is C15H21N3O2. The van der Waals surface area contributed by atoms with E-state index in [1.54, 1.807) is 6.20 Å². The fraction of sp³-hybridized carbons (Fsp3) is 0.600. The summed E-state index contributed by atoms with van der Waals surface area (Å²) in [5.74, 6) is 0.257. The van der Waals surface area contributed by atoms with Gasteiger partial charge in [0.05, 0.1) is 17.6 Å². The van der Waals surface area contributed by atoms with Gasteiger partial charge in [0.15, 0.2) is 0 Å². The van der Waals surface area contributed by atoms with Crippen molar-refractivity contribution in [2.24, 2.45) is 0 Å². The molecule has 5 nitrogen and oxygen atoms in total. The SMILES string of the molecule is CCCN1C(=O)C[C@H]2[C@@H]1CCN2C(=O)c1cc[nH]c1C. The Morgan fingerprint density at radius 2 is 2.25 bits per heavy atom. The number of aromatic nitrogens is 1. The lowest BCUT2D eigenvalue weighted by Gasteiger charge is -2.25. The van der Waals surface area contributed by atoms with Gasteiger partial charge in [-0.05, 0) is 25.8 Å². The lowest BCUT2D eigenvalue weighted by atomic mass is 10.1. The van der Waals surface area contributed by atoms with Gasteiger partial charge in [-0.1, -0.05) is 6.92 Å². The maximum Gasteiger partial charge on any atom is 0.256 e. The molecule has 3 rings (SSSR count). The average molecular weight is 275 g/mol. The molecule has 2 fully saturated rings. The molecule has 5 heteroatoms. The Bertz CT molecular complexity index is 537. The van der Waals surface area contributed by atoms with Gasteiger partial charge >= 0.3 is 0 Å². The van der Waals surface area contributed by atoms with Crippen LogP contribution in [0.15, 0.2) is 12.3 Å². The number of aryl methyl sites for hydroxylation is 1. The number of amides is 2. The van der Waals surface area contributed by atoms with Crippen molar-refractivity contribution < 1.29 is 9.59 Å². The molecule has 0 unspecified atom stereocenters. The number of hydrogen-bond acceptors (Lipinski definition) is 2. The summed E-state index contributed by atoms with van der Waals surface area (Å²) < 4.78 is 0. The minimum Gasteiger partial charge on any atom is -0.365 e. The van der Waals surface area contributed by atoms with Crippen molar-refractivity contribution in [1.82, 2.24) is 14.8 Å². The second-order valence-electron chi connectivity index (χ2n) is 5.73. The van der Waals surface area contributed by atoms with Crippen molar-refractivity contribution in [3.05, 3.63) is 23.5 Å². The van der Waals surface area contributed by atoms with Crippen LogP contribution in [0.4, 0.5) is 0 Å². The highest BCUT2D eigenvalue weighted by molar-refractivity contribution is 5.96. The topological polar surface area (TPSA) is 56.4 Å². The smallest absolute Gasteiger partial charge is 0.256 e. The molecule has 2 aliphatic heterocycles. The maximum atomic E-state index is 12.6. The van der Waals surface area contributed by atoms with E-state index in [2.05, 4.69) is 11.9 Å². The van der Waals surface area contributed by atoms with Crippen LogP contribution < -0.4 is 0 Å². The number of fused-ring (bicyclic) bond motifs is 1. The predicted octanol–water partition coefficient (Wildman–Crippen LogP) is 1.55. The molecule has 0 aliphatic carbocycles. The lowest BCUT2D eigenvalue weighted by molar-refractivity contribution is -0.129. The summed E-state index contributed by atoms with van der Waals surface area (Å²) in [6, 6.07) is 2.12. The van der Waals surface area contributed by atoms with E-state index in [-0.39, 0.29) is 23.9 Å². The molecule has 1 aromatic heterocycles. The normalized spacial score (nSPS) is 25.4. The molecule has 108 valence electrons. The van der Waals surface area contributed by atoms with Crippen molar-refractivity contribution in [3.63, 3.8) is 0 Å². The number of nitrogens with one attached hydrogen (secondary N) is 1. The van der Waals surface area contributed by atoms with Gasteiger partial charge in [-0.15, -0.1) is 0 Å². The van der Waals surface area contributed by atoms with Gasteiger partial charge in [0.25, 0.3) is 5.91 Å². The first-order chi connectivity index (χ1) is 9.63. The summed E-state index contributed by atoms with van der Waals surface area (Å²) in [4.78, 5) is 31.6. The molecule has 2 amide bonds. The number of nitrogens with zero attached hydrogens (tertiary/aromatic N) is 2. The fourth-order valence-corrected chi connectivity index (χ4v) is 3.55. The largest absolute Gasteiger partial charge is 0.365 e. The molecule has 2 atom stereocenters. The zero-order chi connectivity index (χ0) is 14.3. The second-order valence-corrected chi connectivity index (χ2v) is 5.73. The summed E-state index contributed by atoms with van der Waals surface area (Å²) in [5.41, 5.74) is 1.63. The number of H-pyrrole nitrogens is 1. The molecule has 0 saturated carbocycles. The van der Waals surface area contributed by atoms with Crippen molar-refractivity contribution in [2.75, 3.05) is 13.1 Å². The summed E-state index contributed by atoms with van der Waals surface area (Å²) >= 11 is 0. The van der Waals surface area contributed by atoms with E-state index in [0.29, 0.717) is 6.42 Å². The molecule has 20 heavy (non-hydrogen) atoms. The van der Waals surface area contributed by atoms with Gasteiger partial charge in [0.1, 0.15) is 0 Å². The van der Waals surface area contributed by atoms with Gasteiger partial charge in [-0.25, -0.2) is 0 Å². The molecule has 1 aromatic rings. The fourth-order valence-electron chi connectivity index (χ4n) is 3.55. The molecule has 0 radical (unpaired) electrons. The molecule has 0 aromatic carbocycles. The quantitative estimate of drug-likeness (QED) is 0.910. The van der Waals surface area contributed by atoms with Gasteiger partial charge in [0.2, 0.25) is 5.91 Å². The summed E-state index contributed by atoms with van der Waals surface area (Å²) in [5, 5.41) is 0. The van der Waals surface area contributed by atoms with Crippen LogP contribution in [0.25, 0.3) is 0 Å². The third-order valence-electron chi connectivity index (χ3n) is 4.52. The van der Waals surface area contributed by atoms with E-state index in [4.69, 9.17) is 0 Å². The molecule has 0 spiro atoms. The van der Waals surface area contributed by atoms with Crippen LogP contribution >= 0.6 is 0 Å². The van der Waals surface area contributed by atoms with Gasteiger partial charge in [-0.2, -0.15) is 0 Å². The van der Waals surface area contributed by atoms with Gasteiger partial charge < -0.3 is 14.8 Å². The van der Waals surface area contributed by atoms with Crippen LogP contribution in [0, 0.1) is 6.92 Å². The van der Waals surface area contributed by atoms with Crippen LogP contribution in [-0.4, -0.2) is 51.8 Å². The van der Waals surface area contributed by atoms with Crippen LogP contribution in [0.5, 0.6) is 0 Å². The summed E-state index contributed by atoms with van der Waals surface area (Å²) in [6.45, 7) is 5.56. The highest BCUT2D eigenvalue weighted by Crippen LogP contribution is 2.33. The lowest BCUT2D eigenvalue weighted by Crippen LogP contribution is -2.40. The Kier molecular flexibility index (Phi) is 3.28. The zero-order valence-electron chi connectivity index (χ0n) is 12.1. The third-order valence-corrected chi connectivity index (χ3v) is 4.52. The summed E-state index contributed by atoms with van der Waals surface area (Å²) in [6.07, 6.45) is 4.16. The van der Waals surface area contributed by atoms with E-state index < -0.39 is 0 Å². The number of aromatic amines is 1. The Labute approximate surface area is 118 Å². The second kappa shape index (κ2) is 4.96. The van der Waals surface area contributed by atoms with Crippen LogP contribution in [0.2, 0.25) is 0 Å². The number of rotatable bonds is 3. The number of likely N-dealkylation sites (tertiary alicyclic amines) is 2. The van der Waals surface area contributed by atoms with Crippen molar-refractivity contribution >= 4 is 11.8 Å². The van der Waals surface area contributed by atoms with Crippen molar-refractivity contribution in [3.8, 4) is 0 Å². The van der Waals surface area contributed by atoms with E-state index in [1.165, 1.54) is 0 Å². The van der Waals surface area contributed by atoms with Crippen molar-refractivity contribution in [2.45, 2.75) is 45.2 Å². The molecular weight excluding hydrogens is 254 g/mol. The zero-order valence-corrected chi connectivity index (χ0v) is 12.1. The highest BCUT2D eigenvalue weighted by Gasteiger charge is 2.48. The summed E-state index contributed by atoms with van der Waals surface area (Å²) in [7, 11) is 0. The van der Waals surface area contributed by atoms with Crippen molar-refractivity contribution in [1.29, 1.82) is 0 Å². The molecule has 2 aliphatic rings. The minimum atomic E-state index is 0.0578. The molecule has 1 N–H and O–H groups in total. The van der Waals surface area contributed by atoms with Crippen LogP contribution in [0.1, 0.15) is 42.2 Å². The molecule has 2 saturated heterocycles. The Morgan fingerprint density at radius 3 is 2.90 bits per heavy atom. The number of carbonyl (C=O) groups is 2. The van der Waals surface area contributed by atoms with E-state index in [9.17, 15) is 9.59 Å². The van der Waals surface area contributed by atoms with Crippen LogP contribution in [0.3, 0.4) is 0 Å². The average Bonchev–Trinajstić information content (AvgIpc) is 3.07. The van der Waals surface area contributed by atoms with Gasteiger partial charge in [-0.3, -0.25) is 9.59 Å². The minimum absolute atomic E-state index is 0.0578. The Hall–Kier alpha value is -1.78. The monoisotopic (exact) mass is 275 g/mol. The first-order valence-corrected chi connectivity index (χ1v) is 7.38. The number of hydrogen-bond donors (Lipinski definition) is 1. The predicted molar refractivity (Wildman–Crippen MR) is 75.4 cm³/mol. The molecule has 0 bridgehead atoms. The standard InChI is InChI=1S/C15H21N3O2/c1-3-7-17-12-5-8-18(13(12)9-14(17)19)15(20)11-4-6-16-10(11)2/h4,6,12-13,16H,3,5,7-9H2,1-2H3/t12-,13-/m0/s1. The highest BCUT2D eigenvalue weighted by atomic mass is 16.2. The first-order valence-electron chi connectivity index (χ1n) is 7.38. The maximum absolute atomic E-state index is 12.6. The van der Waals surface area contributed by atoms with E-state index in [0.717, 1.165) is 37.2 Å². The van der Waals surface area contributed by atoms with E-state index in [1.807, 2.05) is 22.8 Å².